The highest BCUT2D eigenvalue weighted by Gasteiger charge is 2.31. The van der Waals surface area contributed by atoms with Crippen LogP contribution in [0.25, 0.3) is 0 Å². The van der Waals surface area contributed by atoms with Gasteiger partial charge in [0.05, 0.1) is 0 Å². The number of esters is 2. The molecule has 3 rings (SSSR count). The minimum atomic E-state index is -0.409. The SMILES string of the molecule is CC(=O)Oc1ccc(NC(=O)C2CCCC(C(=O)Nc3ccc(OC(C)=O)cc3)C2)cc1. The molecule has 8 nitrogen and oxygen atoms in total. The Bertz CT molecular complexity index is 905. The highest BCUT2D eigenvalue weighted by molar-refractivity contribution is 5.95. The Morgan fingerprint density at radius 2 is 1.06 bits per heavy atom. The molecular weight excluding hydrogens is 412 g/mol. The van der Waals surface area contributed by atoms with E-state index in [4.69, 9.17) is 9.47 Å². The number of amides is 2. The van der Waals surface area contributed by atoms with Gasteiger partial charge >= 0.3 is 11.9 Å². The molecule has 8 heteroatoms. The number of benzene rings is 2. The molecule has 0 saturated heterocycles. The summed E-state index contributed by atoms with van der Waals surface area (Å²) in [6, 6.07) is 13.1. The fraction of sp³-hybridized carbons (Fsp3) is 0.333. The zero-order valence-electron chi connectivity index (χ0n) is 18.1. The molecular formula is C24H26N2O6. The molecule has 0 radical (unpaired) electrons. The number of hydrogen-bond donors (Lipinski definition) is 2. The fourth-order valence-corrected chi connectivity index (χ4v) is 3.70. The number of hydrogen-bond acceptors (Lipinski definition) is 6. The number of carbonyl (C=O) groups excluding carboxylic acids is 4. The van der Waals surface area contributed by atoms with Crippen LogP contribution in [-0.4, -0.2) is 23.8 Å². The van der Waals surface area contributed by atoms with Crippen LogP contribution in [-0.2, 0) is 19.2 Å². The van der Waals surface area contributed by atoms with E-state index in [1.165, 1.54) is 13.8 Å². The molecule has 0 bridgehead atoms. The molecule has 1 saturated carbocycles. The molecule has 32 heavy (non-hydrogen) atoms. The van der Waals surface area contributed by atoms with Gasteiger partial charge in [-0.3, -0.25) is 19.2 Å². The van der Waals surface area contributed by atoms with Crippen molar-refractivity contribution in [1.29, 1.82) is 0 Å². The Morgan fingerprint density at radius 1 is 0.688 bits per heavy atom. The van der Waals surface area contributed by atoms with Gasteiger partial charge in [0.15, 0.2) is 0 Å². The highest BCUT2D eigenvalue weighted by atomic mass is 16.5. The van der Waals surface area contributed by atoms with Crippen LogP contribution in [0.15, 0.2) is 48.5 Å². The maximum Gasteiger partial charge on any atom is 0.308 e. The van der Waals surface area contributed by atoms with Crippen molar-refractivity contribution < 1.29 is 28.7 Å². The van der Waals surface area contributed by atoms with Crippen LogP contribution in [0, 0.1) is 11.8 Å². The van der Waals surface area contributed by atoms with E-state index in [0.29, 0.717) is 29.3 Å². The van der Waals surface area contributed by atoms with E-state index in [-0.39, 0.29) is 23.7 Å². The van der Waals surface area contributed by atoms with Gasteiger partial charge in [0, 0.05) is 37.1 Å². The Kier molecular flexibility index (Phi) is 7.59. The predicted molar refractivity (Wildman–Crippen MR) is 118 cm³/mol. The Morgan fingerprint density at radius 3 is 1.41 bits per heavy atom. The monoisotopic (exact) mass is 438 g/mol. The first-order valence-corrected chi connectivity index (χ1v) is 10.5. The first kappa shape index (κ1) is 23.0. The van der Waals surface area contributed by atoms with Crippen LogP contribution < -0.4 is 20.1 Å². The van der Waals surface area contributed by atoms with E-state index in [9.17, 15) is 19.2 Å². The van der Waals surface area contributed by atoms with Gasteiger partial charge in [-0.05, 0) is 67.8 Å². The van der Waals surface area contributed by atoms with Crippen molar-refractivity contribution in [1.82, 2.24) is 0 Å². The Labute approximate surface area is 186 Å². The van der Waals surface area contributed by atoms with Crippen molar-refractivity contribution in [3.8, 4) is 11.5 Å². The topological polar surface area (TPSA) is 111 Å². The van der Waals surface area contributed by atoms with Crippen LogP contribution in [0.5, 0.6) is 11.5 Å². The molecule has 0 heterocycles. The van der Waals surface area contributed by atoms with E-state index in [0.717, 1.165) is 19.3 Å². The minimum Gasteiger partial charge on any atom is -0.427 e. The normalized spacial score (nSPS) is 17.7. The van der Waals surface area contributed by atoms with Gasteiger partial charge < -0.3 is 20.1 Å². The number of rotatable bonds is 6. The summed E-state index contributed by atoms with van der Waals surface area (Å²) in [5.41, 5.74) is 1.20. The zero-order valence-corrected chi connectivity index (χ0v) is 18.1. The molecule has 2 atom stereocenters. The van der Waals surface area contributed by atoms with Gasteiger partial charge in [-0.2, -0.15) is 0 Å². The lowest BCUT2D eigenvalue weighted by atomic mass is 9.80. The van der Waals surface area contributed by atoms with Crippen LogP contribution in [0.4, 0.5) is 11.4 Å². The van der Waals surface area contributed by atoms with Gasteiger partial charge in [-0.25, -0.2) is 0 Å². The molecule has 1 aliphatic rings. The lowest BCUT2D eigenvalue weighted by molar-refractivity contribution is -0.132. The van der Waals surface area contributed by atoms with E-state index >= 15 is 0 Å². The standard InChI is InChI=1S/C24H26N2O6/c1-15(27)31-21-10-6-19(7-11-21)25-23(29)17-4-3-5-18(14-17)24(30)26-20-8-12-22(13-9-20)32-16(2)28/h6-13,17-18H,3-5,14H2,1-2H3,(H,25,29)(H,26,30). The molecule has 0 spiro atoms. The van der Waals surface area contributed by atoms with Crippen LogP contribution in [0.1, 0.15) is 39.5 Å². The van der Waals surface area contributed by atoms with Crippen LogP contribution in [0.2, 0.25) is 0 Å². The first-order valence-electron chi connectivity index (χ1n) is 10.5. The van der Waals surface area contributed by atoms with E-state index < -0.39 is 11.9 Å². The van der Waals surface area contributed by atoms with Crippen molar-refractivity contribution in [2.75, 3.05) is 10.6 Å². The van der Waals surface area contributed by atoms with Gasteiger partial charge in [0.25, 0.3) is 0 Å². The van der Waals surface area contributed by atoms with E-state index in [1.807, 2.05) is 0 Å². The van der Waals surface area contributed by atoms with Crippen molar-refractivity contribution in [2.45, 2.75) is 39.5 Å². The van der Waals surface area contributed by atoms with Crippen LogP contribution in [0.3, 0.4) is 0 Å². The van der Waals surface area contributed by atoms with Gasteiger partial charge in [-0.15, -0.1) is 0 Å². The molecule has 2 unspecified atom stereocenters. The maximum atomic E-state index is 12.7. The summed E-state index contributed by atoms with van der Waals surface area (Å²) in [5, 5.41) is 5.74. The molecule has 2 aromatic rings. The molecule has 0 aliphatic heterocycles. The lowest BCUT2D eigenvalue weighted by Crippen LogP contribution is -2.33. The summed E-state index contributed by atoms with van der Waals surface area (Å²) in [6.07, 6.45) is 2.69. The van der Waals surface area contributed by atoms with E-state index in [2.05, 4.69) is 10.6 Å². The third-order valence-electron chi connectivity index (χ3n) is 5.18. The first-order chi connectivity index (χ1) is 15.3. The van der Waals surface area contributed by atoms with Crippen molar-refractivity contribution in [3.63, 3.8) is 0 Å². The molecule has 1 fully saturated rings. The lowest BCUT2D eigenvalue weighted by Gasteiger charge is -2.27. The number of carbonyl (C=O) groups is 4. The second-order valence-electron chi connectivity index (χ2n) is 7.77. The average molecular weight is 438 g/mol. The van der Waals surface area contributed by atoms with Gasteiger partial charge in [-0.1, -0.05) is 6.42 Å². The molecule has 1 aliphatic carbocycles. The summed E-state index contributed by atoms with van der Waals surface area (Å²) in [5.74, 6) is -0.793. The molecule has 2 aromatic carbocycles. The van der Waals surface area contributed by atoms with Crippen molar-refractivity contribution in [3.05, 3.63) is 48.5 Å². The molecule has 168 valence electrons. The van der Waals surface area contributed by atoms with Crippen LogP contribution >= 0.6 is 0 Å². The van der Waals surface area contributed by atoms with Crippen molar-refractivity contribution in [2.24, 2.45) is 11.8 Å². The molecule has 2 N–H and O–H groups in total. The van der Waals surface area contributed by atoms with Gasteiger partial charge in [0.2, 0.25) is 11.8 Å². The zero-order chi connectivity index (χ0) is 23.1. The third-order valence-corrected chi connectivity index (χ3v) is 5.18. The Balaban J connectivity index is 1.53. The highest BCUT2D eigenvalue weighted by Crippen LogP contribution is 2.31. The minimum absolute atomic E-state index is 0.131. The summed E-state index contributed by atoms with van der Waals surface area (Å²) in [7, 11) is 0. The number of ether oxygens (including phenoxy) is 2. The smallest absolute Gasteiger partial charge is 0.308 e. The molecule has 2 amide bonds. The summed E-state index contributed by atoms with van der Waals surface area (Å²) >= 11 is 0. The fourth-order valence-electron chi connectivity index (χ4n) is 3.70. The predicted octanol–water partition coefficient (Wildman–Crippen LogP) is 3.92. The summed E-state index contributed by atoms with van der Waals surface area (Å²) < 4.78 is 9.97. The summed E-state index contributed by atoms with van der Waals surface area (Å²) in [6.45, 7) is 2.65. The summed E-state index contributed by atoms with van der Waals surface area (Å²) in [4.78, 5) is 47.4. The van der Waals surface area contributed by atoms with E-state index in [1.54, 1.807) is 48.5 Å². The van der Waals surface area contributed by atoms with Gasteiger partial charge in [0.1, 0.15) is 11.5 Å². The Hall–Kier alpha value is -3.68. The van der Waals surface area contributed by atoms with Crippen molar-refractivity contribution >= 4 is 35.1 Å². The molecule has 0 aromatic heterocycles. The maximum absolute atomic E-state index is 12.7. The second-order valence-corrected chi connectivity index (χ2v) is 7.77. The second kappa shape index (κ2) is 10.6. The average Bonchev–Trinajstić information content (AvgIpc) is 2.76. The third kappa shape index (κ3) is 6.66. The largest absolute Gasteiger partial charge is 0.427 e. The number of anilines is 2. The quantitative estimate of drug-likeness (QED) is 0.522. The number of nitrogens with one attached hydrogen (secondary N) is 2.